The molecule has 1 aromatic rings. The second-order valence-electron chi connectivity index (χ2n) is 6.02. The third-order valence-corrected chi connectivity index (χ3v) is 4.62. The van der Waals surface area contributed by atoms with Crippen molar-refractivity contribution in [1.82, 2.24) is 0 Å². The molecule has 1 aromatic carbocycles. The number of aryl methyl sites for hydroxylation is 2. The van der Waals surface area contributed by atoms with Crippen LogP contribution in [0.15, 0.2) is 18.2 Å². The van der Waals surface area contributed by atoms with Gasteiger partial charge in [-0.05, 0) is 49.8 Å². The van der Waals surface area contributed by atoms with E-state index < -0.39 is 0 Å². The highest BCUT2D eigenvalue weighted by molar-refractivity contribution is 5.97. The standard InChI is InChI=1S/C18H26O2/c1-4-15-7-5-6-8-18(15)20-12-17(19)16-10-9-13(2)14(3)11-16/h9-11,15,18H,4-8,12H2,1-3H3. The van der Waals surface area contributed by atoms with Gasteiger partial charge in [0, 0.05) is 5.56 Å². The van der Waals surface area contributed by atoms with Crippen LogP contribution in [-0.4, -0.2) is 18.5 Å². The van der Waals surface area contributed by atoms with E-state index in [0.29, 0.717) is 5.92 Å². The average Bonchev–Trinajstić information content (AvgIpc) is 2.47. The normalized spacial score (nSPS) is 22.8. The maximum atomic E-state index is 12.2. The summed E-state index contributed by atoms with van der Waals surface area (Å²) in [6, 6.07) is 5.89. The Morgan fingerprint density at radius 2 is 1.95 bits per heavy atom. The molecular weight excluding hydrogens is 248 g/mol. The van der Waals surface area contributed by atoms with Crippen LogP contribution in [0.3, 0.4) is 0 Å². The van der Waals surface area contributed by atoms with Crippen molar-refractivity contribution in [2.75, 3.05) is 6.61 Å². The second kappa shape index (κ2) is 7.03. The number of ketones is 1. The molecule has 2 rings (SSSR count). The summed E-state index contributed by atoms with van der Waals surface area (Å²) in [6.07, 6.45) is 6.34. The fourth-order valence-electron chi connectivity index (χ4n) is 3.04. The van der Waals surface area contributed by atoms with Gasteiger partial charge in [0.25, 0.3) is 0 Å². The molecule has 1 aliphatic rings. The van der Waals surface area contributed by atoms with E-state index in [1.807, 2.05) is 25.1 Å². The quantitative estimate of drug-likeness (QED) is 0.740. The Bertz CT molecular complexity index is 464. The van der Waals surface area contributed by atoms with Gasteiger partial charge in [-0.25, -0.2) is 0 Å². The molecule has 0 aliphatic heterocycles. The van der Waals surface area contributed by atoms with Gasteiger partial charge in [0.2, 0.25) is 0 Å². The molecule has 20 heavy (non-hydrogen) atoms. The molecular formula is C18H26O2. The maximum Gasteiger partial charge on any atom is 0.188 e. The largest absolute Gasteiger partial charge is 0.370 e. The van der Waals surface area contributed by atoms with Crippen LogP contribution < -0.4 is 0 Å². The Morgan fingerprint density at radius 3 is 2.65 bits per heavy atom. The van der Waals surface area contributed by atoms with Gasteiger partial charge >= 0.3 is 0 Å². The van der Waals surface area contributed by atoms with Crippen LogP contribution in [0, 0.1) is 19.8 Å². The molecule has 2 heteroatoms. The van der Waals surface area contributed by atoms with Crippen molar-refractivity contribution in [3.05, 3.63) is 34.9 Å². The number of hydrogen-bond acceptors (Lipinski definition) is 2. The predicted octanol–water partition coefficient (Wildman–Crippen LogP) is 4.47. The number of benzene rings is 1. The molecule has 0 spiro atoms. The minimum Gasteiger partial charge on any atom is -0.370 e. The molecule has 110 valence electrons. The van der Waals surface area contributed by atoms with Gasteiger partial charge in [0.1, 0.15) is 6.61 Å². The first-order valence-electron chi connectivity index (χ1n) is 7.84. The van der Waals surface area contributed by atoms with Crippen LogP contribution in [-0.2, 0) is 4.74 Å². The molecule has 0 bridgehead atoms. The molecule has 0 amide bonds. The van der Waals surface area contributed by atoms with Crippen molar-refractivity contribution in [2.24, 2.45) is 5.92 Å². The zero-order chi connectivity index (χ0) is 14.5. The predicted molar refractivity (Wildman–Crippen MR) is 82.2 cm³/mol. The topological polar surface area (TPSA) is 26.3 Å². The van der Waals surface area contributed by atoms with Crippen LogP contribution in [0.2, 0.25) is 0 Å². The number of rotatable bonds is 5. The lowest BCUT2D eigenvalue weighted by Gasteiger charge is -2.30. The first kappa shape index (κ1) is 15.2. The smallest absolute Gasteiger partial charge is 0.188 e. The Balaban J connectivity index is 1.92. The summed E-state index contributed by atoms with van der Waals surface area (Å²) >= 11 is 0. The number of ether oxygens (including phenoxy) is 1. The Labute approximate surface area is 122 Å². The number of carbonyl (C=O) groups excluding carboxylic acids is 1. The van der Waals surface area contributed by atoms with Gasteiger partial charge in [0.15, 0.2) is 5.78 Å². The second-order valence-corrected chi connectivity index (χ2v) is 6.02. The molecule has 1 saturated carbocycles. The SMILES string of the molecule is CCC1CCCCC1OCC(=O)c1ccc(C)c(C)c1. The average molecular weight is 274 g/mol. The van der Waals surface area contributed by atoms with E-state index in [-0.39, 0.29) is 18.5 Å². The Kier molecular flexibility index (Phi) is 5.36. The van der Waals surface area contributed by atoms with E-state index in [0.717, 1.165) is 18.4 Å². The van der Waals surface area contributed by atoms with Gasteiger partial charge in [-0.3, -0.25) is 4.79 Å². The molecule has 0 N–H and O–H groups in total. The lowest BCUT2D eigenvalue weighted by Crippen LogP contribution is -2.29. The molecule has 0 heterocycles. The molecule has 2 atom stereocenters. The van der Waals surface area contributed by atoms with E-state index in [1.54, 1.807) is 0 Å². The van der Waals surface area contributed by atoms with Gasteiger partial charge in [-0.2, -0.15) is 0 Å². The highest BCUT2D eigenvalue weighted by Crippen LogP contribution is 2.29. The number of carbonyl (C=O) groups is 1. The summed E-state index contributed by atoms with van der Waals surface area (Å²) in [5.41, 5.74) is 3.16. The van der Waals surface area contributed by atoms with E-state index in [1.165, 1.54) is 30.4 Å². The highest BCUT2D eigenvalue weighted by Gasteiger charge is 2.25. The summed E-state index contributed by atoms with van der Waals surface area (Å²) in [6.45, 7) is 6.55. The summed E-state index contributed by atoms with van der Waals surface area (Å²) < 4.78 is 5.92. The monoisotopic (exact) mass is 274 g/mol. The van der Waals surface area contributed by atoms with E-state index in [2.05, 4.69) is 13.8 Å². The van der Waals surface area contributed by atoms with Crippen molar-refractivity contribution in [1.29, 1.82) is 0 Å². The van der Waals surface area contributed by atoms with Gasteiger partial charge in [-0.15, -0.1) is 0 Å². The van der Waals surface area contributed by atoms with Crippen LogP contribution in [0.25, 0.3) is 0 Å². The van der Waals surface area contributed by atoms with Crippen molar-refractivity contribution in [3.8, 4) is 0 Å². The maximum absolute atomic E-state index is 12.2. The Morgan fingerprint density at radius 1 is 1.20 bits per heavy atom. The first-order valence-corrected chi connectivity index (χ1v) is 7.84. The van der Waals surface area contributed by atoms with Crippen molar-refractivity contribution in [3.63, 3.8) is 0 Å². The molecule has 2 nitrogen and oxygen atoms in total. The van der Waals surface area contributed by atoms with Crippen LogP contribution >= 0.6 is 0 Å². The van der Waals surface area contributed by atoms with E-state index in [9.17, 15) is 4.79 Å². The van der Waals surface area contributed by atoms with Gasteiger partial charge < -0.3 is 4.74 Å². The van der Waals surface area contributed by atoms with E-state index in [4.69, 9.17) is 4.74 Å². The number of hydrogen-bond donors (Lipinski definition) is 0. The highest BCUT2D eigenvalue weighted by atomic mass is 16.5. The van der Waals surface area contributed by atoms with Crippen LogP contribution in [0.5, 0.6) is 0 Å². The zero-order valence-electron chi connectivity index (χ0n) is 12.9. The fourth-order valence-corrected chi connectivity index (χ4v) is 3.04. The molecule has 1 aliphatic carbocycles. The number of Topliss-reactive ketones (excluding diaryl/α,β-unsaturated/α-hetero) is 1. The molecule has 0 aromatic heterocycles. The minimum atomic E-state index is 0.105. The summed E-state index contributed by atoms with van der Waals surface area (Å²) in [4.78, 5) is 12.2. The lowest BCUT2D eigenvalue weighted by atomic mass is 9.85. The van der Waals surface area contributed by atoms with Crippen molar-refractivity contribution >= 4 is 5.78 Å². The van der Waals surface area contributed by atoms with Crippen molar-refractivity contribution < 1.29 is 9.53 Å². The minimum absolute atomic E-state index is 0.105. The van der Waals surface area contributed by atoms with Crippen molar-refractivity contribution in [2.45, 2.75) is 59.0 Å². The third-order valence-electron chi connectivity index (χ3n) is 4.62. The summed E-state index contributed by atoms with van der Waals surface area (Å²) in [5, 5.41) is 0. The fraction of sp³-hybridized carbons (Fsp3) is 0.611. The van der Waals surface area contributed by atoms with Crippen LogP contribution in [0.4, 0.5) is 0 Å². The van der Waals surface area contributed by atoms with Crippen LogP contribution in [0.1, 0.15) is 60.5 Å². The molecule has 2 unspecified atom stereocenters. The zero-order valence-corrected chi connectivity index (χ0v) is 12.9. The summed E-state index contributed by atoms with van der Waals surface area (Å²) in [5.74, 6) is 0.741. The Hall–Kier alpha value is -1.15. The molecule has 0 radical (unpaired) electrons. The molecule has 0 saturated heterocycles. The third kappa shape index (κ3) is 3.69. The molecule has 1 fully saturated rings. The first-order chi connectivity index (χ1) is 9.61. The summed E-state index contributed by atoms with van der Waals surface area (Å²) in [7, 11) is 0. The van der Waals surface area contributed by atoms with Gasteiger partial charge in [-0.1, -0.05) is 38.3 Å². The van der Waals surface area contributed by atoms with Gasteiger partial charge in [0.05, 0.1) is 6.10 Å². The van der Waals surface area contributed by atoms with E-state index >= 15 is 0 Å². The lowest BCUT2D eigenvalue weighted by molar-refractivity contribution is -0.00570.